The molecule has 0 bridgehead atoms. The minimum Gasteiger partial charge on any atom is -0.368 e. The Labute approximate surface area is 201 Å². The molecule has 2 aliphatic heterocycles. The molecule has 8 nitrogen and oxygen atoms in total. The van der Waals surface area contributed by atoms with E-state index in [0.29, 0.717) is 36.4 Å². The second kappa shape index (κ2) is 10.2. The van der Waals surface area contributed by atoms with Crippen LogP contribution in [0.3, 0.4) is 0 Å². The van der Waals surface area contributed by atoms with Gasteiger partial charge in [-0.2, -0.15) is 4.31 Å². The SMILES string of the molecule is Cc1ccc(S(=O)(=O)N2CCCCC2)cc1C(=O)Nc1cccc(CN2CCCC2C(N)=O)c1. The number of sulfonamides is 1. The molecule has 2 fully saturated rings. The molecular weight excluding hydrogens is 452 g/mol. The van der Waals surface area contributed by atoms with Crippen molar-refractivity contribution in [2.45, 2.75) is 56.5 Å². The van der Waals surface area contributed by atoms with Crippen LogP contribution in [0.5, 0.6) is 0 Å². The monoisotopic (exact) mass is 484 g/mol. The molecule has 0 saturated carbocycles. The van der Waals surface area contributed by atoms with Gasteiger partial charge in [-0.15, -0.1) is 0 Å². The van der Waals surface area contributed by atoms with Crippen molar-refractivity contribution in [2.75, 3.05) is 25.0 Å². The van der Waals surface area contributed by atoms with E-state index in [2.05, 4.69) is 10.2 Å². The Morgan fingerprint density at radius 2 is 1.79 bits per heavy atom. The average Bonchev–Trinajstić information content (AvgIpc) is 3.28. The number of nitrogens with zero attached hydrogens (tertiary/aromatic N) is 2. The van der Waals surface area contributed by atoms with E-state index in [9.17, 15) is 18.0 Å². The van der Waals surface area contributed by atoms with Gasteiger partial charge in [0.25, 0.3) is 5.91 Å². The van der Waals surface area contributed by atoms with Gasteiger partial charge in [0.2, 0.25) is 15.9 Å². The predicted octanol–water partition coefficient (Wildman–Crippen LogP) is 2.87. The third-order valence-corrected chi connectivity index (χ3v) is 8.56. The van der Waals surface area contributed by atoms with E-state index in [-0.39, 0.29) is 22.8 Å². The summed E-state index contributed by atoms with van der Waals surface area (Å²) in [7, 11) is -3.63. The first-order valence-electron chi connectivity index (χ1n) is 11.8. The van der Waals surface area contributed by atoms with Crippen molar-refractivity contribution in [3.05, 3.63) is 59.2 Å². The van der Waals surface area contributed by atoms with Crippen LogP contribution in [0.15, 0.2) is 47.4 Å². The summed E-state index contributed by atoms with van der Waals surface area (Å²) in [5.74, 6) is -0.668. The number of nitrogens with two attached hydrogens (primary N) is 1. The van der Waals surface area contributed by atoms with Crippen LogP contribution in [-0.4, -0.2) is 55.1 Å². The van der Waals surface area contributed by atoms with Crippen LogP contribution < -0.4 is 11.1 Å². The molecule has 3 N–H and O–H groups in total. The number of anilines is 1. The lowest BCUT2D eigenvalue weighted by Crippen LogP contribution is -2.39. The van der Waals surface area contributed by atoms with E-state index in [0.717, 1.165) is 44.2 Å². The minimum atomic E-state index is -3.63. The Kier molecular flexibility index (Phi) is 7.35. The van der Waals surface area contributed by atoms with Crippen LogP contribution in [0.1, 0.15) is 53.6 Å². The largest absolute Gasteiger partial charge is 0.368 e. The summed E-state index contributed by atoms with van der Waals surface area (Å²) in [6.45, 7) is 4.19. The van der Waals surface area contributed by atoms with Gasteiger partial charge in [0, 0.05) is 30.9 Å². The predicted molar refractivity (Wildman–Crippen MR) is 131 cm³/mol. The number of aryl methyl sites for hydroxylation is 1. The third-order valence-electron chi connectivity index (χ3n) is 6.67. The minimum absolute atomic E-state index is 0.144. The molecule has 0 radical (unpaired) electrons. The smallest absolute Gasteiger partial charge is 0.255 e. The Bertz CT molecular complexity index is 1180. The van der Waals surface area contributed by atoms with Gasteiger partial charge in [-0.3, -0.25) is 14.5 Å². The molecule has 2 aromatic carbocycles. The maximum atomic E-state index is 13.1. The van der Waals surface area contributed by atoms with E-state index in [1.54, 1.807) is 25.1 Å². The molecule has 1 unspecified atom stereocenters. The van der Waals surface area contributed by atoms with Gasteiger partial charge in [0.15, 0.2) is 0 Å². The van der Waals surface area contributed by atoms with Crippen molar-refractivity contribution in [3.63, 3.8) is 0 Å². The molecule has 2 saturated heterocycles. The Hall–Kier alpha value is -2.75. The molecule has 0 spiro atoms. The number of carbonyl (C=O) groups excluding carboxylic acids is 2. The zero-order valence-corrected chi connectivity index (χ0v) is 20.3. The number of benzene rings is 2. The topological polar surface area (TPSA) is 113 Å². The molecule has 4 rings (SSSR count). The van der Waals surface area contributed by atoms with E-state index in [1.165, 1.54) is 10.4 Å². The molecule has 9 heteroatoms. The van der Waals surface area contributed by atoms with Gasteiger partial charge < -0.3 is 11.1 Å². The number of primary amides is 1. The summed E-state index contributed by atoms with van der Waals surface area (Å²) >= 11 is 0. The highest BCUT2D eigenvalue weighted by Crippen LogP contribution is 2.25. The second-order valence-corrected chi connectivity index (χ2v) is 11.1. The van der Waals surface area contributed by atoms with Gasteiger partial charge in [0.1, 0.15) is 0 Å². The fraction of sp³-hybridized carbons (Fsp3) is 0.440. The summed E-state index contributed by atoms with van der Waals surface area (Å²) < 4.78 is 27.6. The van der Waals surface area contributed by atoms with Crippen LogP contribution in [0.2, 0.25) is 0 Å². The highest BCUT2D eigenvalue weighted by molar-refractivity contribution is 7.89. The Morgan fingerprint density at radius 1 is 1.03 bits per heavy atom. The van der Waals surface area contributed by atoms with Crippen molar-refractivity contribution in [1.29, 1.82) is 0 Å². The van der Waals surface area contributed by atoms with Gasteiger partial charge in [-0.25, -0.2) is 8.42 Å². The normalized spacial score (nSPS) is 19.7. The fourth-order valence-electron chi connectivity index (χ4n) is 4.78. The van der Waals surface area contributed by atoms with E-state index in [4.69, 9.17) is 5.73 Å². The van der Waals surface area contributed by atoms with Crippen LogP contribution in [0.25, 0.3) is 0 Å². The van der Waals surface area contributed by atoms with Gasteiger partial charge in [0.05, 0.1) is 10.9 Å². The van der Waals surface area contributed by atoms with Crippen molar-refractivity contribution in [1.82, 2.24) is 9.21 Å². The molecular formula is C25H32N4O4S. The summed E-state index contributed by atoms with van der Waals surface area (Å²) in [5.41, 5.74) is 8.13. The Morgan fingerprint density at radius 3 is 2.53 bits per heavy atom. The number of amides is 2. The number of nitrogens with one attached hydrogen (secondary N) is 1. The van der Waals surface area contributed by atoms with Crippen LogP contribution in [0, 0.1) is 6.92 Å². The molecule has 0 aliphatic carbocycles. The highest BCUT2D eigenvalue weighted by atomic mass is 32.2. The maximum absolute atomic E-state index is 13.1. The van der Waals surface area contributed by atoms with E-state index in [1.807, 2.05) is 18.2 Å². The number of rotatable bonds is 7. The second-order valence-electron chi connectivity index (χ2n) is 9.13. The number of hydrogen-bond acceptors (Lipinski definition) is 5. The van der Waals surface area contributed by atoms with Crippen molar-refractivity contribution in [2.24, 2.45) is 5.73 Å². The van der Waals surface area contributed by atoms with Crippen LogP contribution >= 0.6 is 0 Å². The molecule has 2 amide bonds. The standard InChI is InChI=1S/C25H32N4O4S/c1-18-10-11-21(34(32,33)29-13-3-2-4-14-29)16-22(18)25(31)27-20-8-5-7-19(15-20)17-28-12-6-9-23(28)24(26)30/h5,7-8,10-11,15-16,23H,2-4,6,9,12-14,17H2,1H3,(H2,26,30)(H,27,31). The van der Waals surface area contributed by atoms with E-state index < -0.39 is 10.0 Å². The number of hydrogen-bond donors (Lipinski definition) is 2. The molecule has 182 valence electrons. The molecule has 2 aliphatic rings. The lowest BCUT2D eigenvalue weighted by atomic mass is 10.1. The number of piperidine rings is 1. The van der Waals surface area contributed by atoms with Gasteiger partial charge in [-0.1, -0.05) is 24.6 Å². The lowest BCUT2D eigenvalue weighted by molar-refractivity contribution is -0.122. The molecule has 2 aromatic rings. The van der Waals surface area contributed by atoms with Crippen LogP contribution in [-0.2, 0) is 21.4 Å². The summed E-state index contributed by atoms with van der Waals surface area (Å²) in [6.07, 6.45) is 4.44. The third kappa shape index (κ3) is 5.32. The molecule has 34 heavy (non-hydrogen) atoms. The average molecular weight is 485 g/mol. The van der Waals surface area contributed by atoms with Gasteiger partial charge >= 0.3 is 0 Å². The van der Waals surface area contributed by atoms with E-state index >= 15 is 0 Å². The number of carbonyl (C=O) groups is 2. The van der Waals surface area contributed by atoms with Crippen LogP contribution in [0.4, 0.5) is 5.69 Å². The number of likely N-dealkylation sites (tertiary alicyclic amines) is 1. The van der Waals surface area contributed by atoms with Crippen molar-refractivity contribution in [3.8, 4) is 0 Å². The summed E-state index contributed by atoms with van der Waals surface area (Å²) in [4.78, 5) is 27.0. The zero-order chi connectivity index (χ0) is 24.3. The first-order chi connectivity index (χ1) is 16.3. The first kappa shape index (κ1) is 24.4. The first-order valence-corrected chi connectivity index (χ1v) is 13.2. The molecule has 2 heterocycles. The quantitative estimate of drug-likeness (QED) is 0.628. The molecule has 1 atom stereocenters. The maximum Gasteiger partial charge on any atom is 0.255 e. The van der Waals surface area contributed by atoms with Gasteiger partial charge in [-0.05, 0) is 74.5 Å². The van der Waals surface area contributed by atoms with Crippen molar-refractivity contribution >= 4 is 27.5 Å². The molecule has 0 aromatic heterocycles. The fourth-order valence-corrected chi connectivity index (χ4v) is 6.32. The highest BCUT2D eigenvalue weighted by Gasteiger charge is 2.29. The lowest BCUT2D eigenvalue weighted by Gasteiger charge is -2.26. The summed E-state index contributed by atoms with van der Waals surface area (Å²) in [5, 5.41) is 2.90. The zero-order valence-electron chi connectivity index (χ0n) is 19.5. The Balaban J connectivity index is 1.50. The summed E-state index contributed by atoms with van der Waals surface area (Å²) in [6, 6.07) is 11.9. The van der Waals surface area contributed by atoms with Crippen molar-refractivity contribution < 1.29 is 18.0 Å².